The van der Waals surface area contributed by atoms with Crippen LogP contribution in [0.4, 0.5) is 0 Å². The minimum atomic E-state index is 0.173. The van der Waals surface area contributed by atoms with Crippen molar-refractivity contribution in [1.29, 1.82) is 0 Å². The molecular weight excluding hydrogens is 232 g/mol. The Morgan fingerprint density at radius 1 is 1.29 bits per heavy atom. The Balaban J connectivity index is 1.65. The van der Waals surface area contributed by atoms with Crippen molar-refractivity contribution in [3.8, 4) is 0 Å². The molecule has 0 spiro atoms. The van der Waals surface area contributed by atoms with Gasteiger partial charge < -0.3 is 4.74 Å². The molecule has 4 heteroatoms. The Labute approximate surface area is 98.5 Å². The Morgan fingerprint density at radius 2 is 2.07 bits per heavy atom. The van der Waals surface area contributed by atoms with Crippen molar-refractivity contribution in [1.82, 2.24) is 0 Å². The smallest absolute Gasteiger partial charge is 0.0750 e. The number of thioether (sulfide) groups is 2. The zero-order chi connectivity index (χ0) is 9.97. The van der Waals surface area contributed by atoms with Gasteiger partial charge in [-0.1, -0.05) is 13.8 Å². The van der Waals surface area contributed by atoms with Gasteiger partial charge >= 0.3 is 0 Å². The van der Waals surface area contributed by atoms with E-state index in [1.807, 2.05) is 11.8 Å². The van der Waals surface area contributed by atoms with E-state index in [9.17, 15) is 0 Å². The fourth-order valence-electron chi connectivity index (χ4n) is 1.62. The van der Waals surface area contributed by atoms with Gasteiger partial charge in [0.1, 0.15) is 0 Å². The Morgan fingerprint density at radius 3 is 2.79 bits per heavy atom. The predicted octanol–water partition coefficient (Wildman–Crippen LogP) is 2.60. The lowest BCUT2D eigenvalue weighted by molar-refractivity contribution is 0.190. The van der Waals surface area contributed by atoms with E-state index < -0.39 is 0 Å². The van der Waals surface area contributed by atoms with E-state index in [0.29, 0.717) is 0 Å². The van der Waals surface area contributed by atoms with Crippen LogP contribution in [0, 0.1) is 0 Å². The highest BCUT2D eigenvalue weighted by atomic mass is 32.2. The highest BCUT2D eigenvalue weighted by Gasteiger charge is 2.25. The van der Waals surface area contributed by atoms with Crippen LogP contribution in [0.5, 0.6) is 0 Å². The largest absolute Gasteiger partial charge is 0.371 e. The maximum absolute atomic E-state index is 5.81. The number of thiol groups is 1. The second kappa shape index (κ2) is 5.37. The molecule has 1 nitrogen and oxygen atoms in total. The molecule has 2 heterocycles. The summed E-state index contributed by atoms with van der Waals surface area (Å²) in [5.74, 6) is 5.17. The lowest BCUT2D eigenvalue weighted by Crippen LogP contribution is -2.25. The van der Waals surface area contributed by atoms with Crippen LogP contribution >= 0.6 is 34.4 Å². The van der Waals surface area contributed by atoms with Crippen LogP contribution in [0.2, 0.25) is 0 Å². The van der Waals surface area contributed by atoms with E-state index in [4.69, 9.17) is 4.74 Å². The minimum Gasteiger partial charge on any atom is -0.371 e. The van der Waals surface area contributed by atoms with Gasteiger partial charge in [0, 0.05) is 22.0 Å². The molecule has 0 radical (unpaired) electrons. The minimum absolute atomic E-state index is 0.173. The second-order valence-electron chi connectivity index (χ2n) is 4.22. The SMILES string of the molecule is CC1C[SH](COCC2CS2)C(C)CS1. The Bertz CT molecular complexity index is 184. The van der Waals surface area contributed by atoms with Crippen molar-refractivity contribution in [3.05, 3.63) is 0 Å². The average molecular weight is 252 g/mol. The number of hydrogen-bond donors (Lipinski definition) is 1. The summed E-state index contributed by atoms with van der Waals surface area (Å²) in [5, 5.41) is 2.63. The summed E-state index contributed by atoms with van der Waals surface area (Å²) in [6.07, 6.45) is 0. The van der Waals surface area contributed by atoms with Crippen LogP contribution in [0.15, 0.2) is 0 Å². The summed E-state index contributed by atoms with van der Waals surface area (Å²) in [5.41, 5.74) is 0. The van der Waals surface area contributed by atoms with Crippen molar-refractivity contribution in [3.63, 3.8) is 0 Å². The highest BCUT2D eigenvalue weighted by Crippen LogP contribution is 2.42. The molecule has 0 N–H and O–H groups in total. The summed E-state index contributed by atoms with van der Waals surface area (Å²) in [6, 6.07) is 0. The first-order chi connectivity index (χ1) is 6.75. The molecular formula is C10H20OS3. The average Bonchev–Trinajstić information content (AvgIpc) is 2.95. The maximum Gasteiger partial charge on any atom is 0.0750 e. The molecule has 14 heavy (non-hydrogen) atoms. The van der Waals surface area contributed by atoms with Gasteiger partial charge in [0.15, 0.2) is 0 Å². The molecule has 0 bridgehead atoms. The molecule has 2 fully saturated rings. The standard InChI is InChI=1S/C10H20OS3/c1-8-6-14(9(2)4-12-8)7-11-3-10-5-13-10/h8-10,14H,3-7H2,1-2H3. The lowest BCUT2D eigenvalue weighted by atomic mass is 10.5. The van der Waals surface area contributed by atoms with Crippen LogP contribution in [0.3, 0.4) is 0 Å². The number of hydrogen-bond acceptors (Lipinski definition) is 3. The number of ether oxygens (including phenoxy) is 1. The zero-order valence-electron chi connectivity index (χ0n) is 8.94. The third-order valence-electron chi connectivity index (χ3n) is 2.70. The quantitative estimate of drug-likeness (QED) is 0.609. The van der Waals surface area contributed by atoms with E-state index >= 15 is 0 Å². The Kier molecular flexibility index (Phi) is 4.41. The molecule has 2 rings (SSSR count). The van der Waals surface area contributed by atoms with E-state index in [1.165, 1.54) is 17.3 Å². The molecule has 0 aliphatic carbocycles. The molecule has 2 aliphatic heterocycles. The topological polar surface area (TPSA) is 9.23 Å². The van der Waals surface area contributed by atoms with Crippen LogP contribution in [0.25, 0.3) is 0 Å². The van der Waals surface area contributed by atoms with Gasteiger partial charge in [-0.25, -0.2) is 10.9 Å². The Hall–Kier alpha value is 1.01. The second-order valence-corrected chi connectivity index (χ2v) is 9.71. The third-order valence-corrected chi connectivity index (χ3v) is 8.52. The zero-order valence-corrected chi connectivity index (χ0v) is 11.5. The molecule has 2 saturated heterocycles. The molecule has 4 atom stereocenters. The van der Waals surface area contributed by atoms with Gasteiger partial charge in [0.25, 0.3) is 0 Å². The van der Waals surface area contributed by atoms with E-state index in [-0.39, 0.29) is 10.9 Å². The maximum atomic E-state index is 5.81. The molecule has 0 aromatic heterocycles. The van der Waals surface area contributed by atoms with Crippen LogP contribution in [0.1, 0.15) is 13.8 Å². The van der Waals surface area contributed by atoms with Gasteiger partial charge in [0.2, 0.25) is 0 Å². The molecule has 0 amide bonds. The molecule has 0 saturated carbocycles. The van der Waals surface area contributed by atoms with Gasteiger partial charge in [-0.15, -0.1) is 0 Å². The normalized spacial score (nSPS) is 45.0. The summed E-state index contributed by atoms with van der Waals surface area (Å²) in [7, 11) is 0.173. The van der Waals surface area contributed by atoms with E-state index in [1.54, 1.807) is 0 Å². The molecule has 0 aromatic rings. The van der Waals surface area contributed by atoms with Crippen molar-refractivity contribution < 1.29 is 4.74 Å². The van der Waals surface area contributed by atoms with Gasteiger partial charge in [-0.05, 0) is 11.0 Å². The summed E-state index contributed by atoms with van der Waals surface area (Å²) < 4.78 is 5.81. The molecule has 4 unspecified atom stereocenters. The monoisotopic (exact) mass is 252 g/mol. The highest BCUT2D eigenvalue weighted by molar-refractivity contribution is 8.19. The van der Waals surface area contributed by atoms with Crippen molar-refractivity contribution in [2.45, 2.75) is 29.6 Å². The van der Waals surface area contributed by atoms with Crippen LogP contribution in [-0.2, 0) is 4.74 Å². The third kappa shape index (κ3) is 3.54. The van der Waals surface area contributed by atoms with Gasteiger partial charge in [-0.2, -0.15) is 23.5 Å². The van der Waals surface area contributed by atoms with Crippen LogP contribution in [-0.4, -0.2) is 45.6 Å². The van der Waals surface area contributed by atoms with Crippen molar-refractivity contribution in [2.24, 2.45) is 0 Å². The summed E-state index contributed by atoms with van der Waals surface area (Å²) in [6.45, 7) is 5.78. The lowest BCUT2D eigenvalue weighted by Gasteiger charge is -2.35. The fraction of sp³-hybridized carbons (Fsp3) is 1.00. The van der Waals surface area contributed by atoms with E-state index in [2.05, 4.69) is 25.6 Å². The van der Waals surface area contributed by atoms with E-state index in [0.717, 1.165) is 28.3 Å². The molecule has 2 aliphatic rings. The fourth-order valence-corrected chi connectivity index (χ4v) is 6.47. The molecule has 84 valence electrons. The van der Waals surface area contributed by atoms with Crippen molar-refractivity contribution >= 4 is 34.4 Å². The first kappa shape index (κ1) is 11.5. The van der Waals surface area contributed by atoms with Crippen LogP contribution < -0.4 is 0 Å². The van der Waals surface area contributed by atoms with Gasteiger partial charge in [0.05, 0.1) is 12.5 Å². The first-order valence-corrected chi connectivity index (χ1v) is 9.18. The van der Waals surface area contributed by atoms with Crippen molar-refractivity contribution in [2.75, 3.05) is 29.8 Å². The molecule has 0 aromatic carbocycles. The summed E-state index contributed by atoms with van der Waals surface area (Å²) in [4.78, 5) is 0. The first-order valence-electron chi connectivity index (χ1n) is 5.30. The predicted molar refractivity (Wildman–Crippen MR) is 72.3 cm³/mol. The van der Waals surface area contributed by atoms with Gasteiger partial charge in [-0.3, -0.25) is 0 Å². The summed E-state index contributed by atoms with van der Waals surface area (Å²) >= 11 is 4.17. The number of rotatable bonds is 4.